The van der Waals surface area contributed by atoms with Crippen LogP contribution in [-0.4, -0.2) is 104 Å². The van der Waals surface area contributed by atoms with Crippen LogP contribution in [0.4, 0.5) is 13.6 Å². The summed E-state index contributed by atoms with van der Waals surface area (Å²) in [7, 11) is -3.26. The molecule has 12 heteroatoms. The molecule has 0 aliphatic carbocycles. The molecule has 0 radical (unpaired) electrons. The summed E-state index contributed by atoms with van der Waals surface area (Å²) in [5.41, 5.74) is 1.72. The molecule has 0 bridgehead atoms. The zero-order valence-corrected chi connectivity index (χ0v) is 26.7. The summed E-state index contributed by atoms with van der Waals surface area (Å²) >= 11 is 0. The van der Waals surface area contributed by atoms with Crippen molar-refractivity contribution in [3.63, 3.8) is 0 Å². The highest BCUT2D eigenvalue weighted by atomic mass is 35.5. The molecule has 0 aromatic heterocycles. The van der Waals surface area contributed by atoms with Gasteiger partial charge in [-0.1, -0.05) is 42.5 Å². The first-order chi connectivity index (χ1) is 20.4. The lowest BCUT2D eigenvalue weighted by Gasteiger charge is -2.39. The van der Waals surface area contributed by atoms with Crippen molar-refractivity contribution in [2.24, 2.45) is 11.3 Å². The van der Waals surface area contributed by atoms with Crippen molar-refractivity contribution in [2.45, 2.75) is 49.0 Å². The molecule has 4 heterocycles. The highest BCUT2D eigenvalue weighted by Crippen LogP contribution is 2.43. The predicted molar refractivity (Wildman–Crippen MR) is 166 cm³/mol. The molecule has 6 rings (SSSR count). The molecule has 1 unspecified atom stereocenters. The van der Waals surface area contributed by atoms with Crippen molar-refractivity contribution in [1.29, 1.82) is 0 Å². The van der Waals surface area contributed by atoms with Crippen LogP contribution in [0.1, 0.15) is 42.7 Å². The number of halogens is 3. The third kappa shape index (κ3) is 6.74. The Morgan fingerprint density at radius 3 is 2.16 bits per heavy atom. The SMILES string of the molecule is CS(=O)(=O)c1ccc(CN2CCC3(CCN(C[C@H]4CN(C(=O)N5CCC(F)(F)C5)CC4c4ccccc4)CC3)C2=O)cc1.Cl. The third-order valence-electron chi connectivity index (χ3n) is 10.0. The van der Waals surface area contributed by atoms with Crippen LogP contribution in [0.2, 0.25) is 0 Å². The van der Waals surface area contributed by atoms with E-state index >= 15 is 0 Å². The van der Waals surface area contributed by atoms with Crippen LogP contribution in [-0.2, 0) is 21.2 Å². The molecule has 240 valence electrons. The molecule has 2 aromatic rings. The monoisotopic (exact) mass is 650 g/mol. The maximum atomic E-state index is 13.8. The molecule has 2 aromatic carbocycles. The van der Waals surface area contributed by atoms with Gasteiger partial charge < -0.3 is 19.6 Å². The molecule has 44 heavy (non-hydrogen) atoms. The van der Waals surface area contributed by atoms with Gasteiger partial charge in [-0.3, -0.25) is 4.79 Å². The van der Waals surface area contributed by atoms with Gasteiger partial charge in [0.25, 0.3) is 5.92 Å². The summed E-state index contributed by atoms with van der Waals surface area (Å²) < 4.78 is 51.2. The lowest BCUT2D eigenvalue weighted by molar-refractivity contribution is -0.139. The quantitative estimate of drug-likeness (QED) is 0.460. The Bertz CT molecular complexity index is 1450. The van der Waals surface area contributed by atoms with Gasteiger partial charge in [0.2, 0.25) is 5.91 Å². The molecule has 3 amide bonds. The summed E-state index contributed by atoms with van der Waals surface area (Å²) in [4.78, 5) is 34.5. The summed E-state index contributed by atoms with van der Waals surface area (Å²) in [6.07, 6.45) is 3.29. The van der Waals surface area contributed by atoms with E-state index in [9.17, 15) is 26.8 Å². The van der Waals surface area contributed by atoms with Crippen LogP contribution in [0.5, 0.6) is 0 Å². The van der Waals surface area contributed by atoms with Crippen LogP contribution in [0, 0.1) is 11.3 Å². The topological polar surface area (TPSA) is 81.2 Å². The molecule has 0 N–H and O–H groups in total. The van der Waals surface area contributed by atoms with Gasteiger partial charge in [-0.15, -0.1) is 12.4 Å². The Kier molecular flexibility index (Phi) is 9.31. The van der Waals surface area contributed by atoms with Crippen molar-refractivity contribution >= 4 is 34.2 Å². The fraction of sp³-hybridized carbons (Fsp3) is 0.562. The number of likely N-dealkylation sites (tertiary alicyclic amines) is 4. The second kappa shape index (κ2) is 12.6. The second-order valence-corrected chi connectivity index (χ2v) is 15.0. The second-order valence-electron chi connectivity index (χ2n) is 13.0. The number of alkyl halides is 2. The normalized spacial score (nSPS) is 25.1. The average molecular weight is 651 g/mol. The Morgan fingerprint density at radius 2 is 1.55 bits per heavy atom. The lowest BCUT2D eigenvalue weighted by Crippen LogP contribution is -2.46. The Hall–Kier alpha value is -2.76. The van der Waals surface area contributed by atoms with E-state index in [-0.39, 0.29) is 59.5 Å². The smallest absolute Gasteiger partial charge is 0.320 e. The van der Waals surface area contributed by atoms with E-state index < -0.39 is 22.3 Å². The number of hydrogen-bond acceptors (Lipinski definition) is 5. The van der Waals surface area contributed by atoms with Crippen molar-refractivity contribution in [1.82, 2.24) is 19.6 Å². The highest BCUT2D eigenvalue weighted by Gasteiger charge is 2.49. The predicted octanol–water partition coefficient (Wildman–Crippen LogP) is 4.50. The maximum absolute atomic E-state index is 13.8. The number of benzene rings is 2. The van der Waals surface area contributed by atoms with Crippen LogP contribution in [0.25, 0.3) is 0 Å². The first-order valence-corrected chi connectivity index (χ1v) is 17.1. The van der Waals surface area contributed by atoms with Crippen molar-refractivity contribution in [3.05, 3.63) is 65.7 Å². The summed E-state index contributed by atoms with van der Waals surface area (Å²) in [6.45, 7) is 4.20. The van der Waals surface area contributed by atoms with E-state index in [1.807, 2.05) is 23.1 Å². The fourth-order valence-electron chi connectivity index (χ4n) is 7.45. The Morgan fingerprint density at radius 1 is 0.886 bits per heavy atom. The van der Waals surface area contributed by atoms with E-state index in [1.54, 1.807) is 29.2 Å². The molecule has 4 fully saturated rings. The third-order valence-corrected chi connectivity index (χ3v) is 11.1. The molecule has 0 saturated carbocycles. The van der Waals surface area contributed by atoms with Crippen LogP contribution >= 0.6 is 12.4 Å². The summed E-state index contributed by atoms with van der Waals surface area (Å²) in [5, 5.41) is 0. The minimum Gasteiger partial charge on any atom is -0.338 e. The highest BCUT2D eigenvalue weighted by molar-refractivity contribution is 7.90. The molecular formula is C32H41ClF2N4O4S. The van der Waals surface area contributed by atoms with Crippen LogP contribution in [0.15, 0.2) is 59.5 Å². The molecule has 1 spiro atoms. The molecule has 2 atom stereocenters. The molecule has 4 saturated heterocycles. The van der Waals surface area contributed by atoms with Gasteiger partial charge in [-0.05, 0) is 61.5 Å². The summed E-state index contributed by atoms with van der Waals surface area (Å²) in [5.74, 6) is -2.33. The van der Waals surface area contributed by atoms with Gasteiger partial charge in [0.05, 0.1) is 16.9 Å². The zero-order chi connectivity index (χ0) is 30.4. The molecule has 4 aliphatic rings. The standard InChI is InChI=1S/C32H40F2N4O4S.ClH/c1-43(41,42)27-9-7-24(8-10-27)19-36-17-13-31(29(36)39)11-15-35(16-12-31)20-26-21-38(22-28(26)25-5-3-2-4-6-25)30(40)37-18-14-32(33,34)23-37;/h2-10,26,28H,11-23H2,1H3;1H/t26-,28?;/m0./s1. The van der Waals surface area contributed by atoms with Gasteiger partial charge in [0, 0.05) is 57.9 Å². The fourth-order valence-corrected chi connectivity index (χ4v) is 8.09. The van der Waals surface area contributed by atoms with Crippen molar-refractivity contribution in [2.75, 3.05) is 58.6 Å². The van der Waals surface area contributed by atoms with Crippen LogP contribution < -0.4 is 0 Å². The maximum Gasteiger partial charge on any atom is 0.320 e. The van der Waals surface area contributed by atoms with Crippen molar-refractivity contribution in [3.8, 4) is 0 Å². The van der Waals surface area contributed by atoms with E-state index in [1.165, 1.54) is 11.2 Å². The number of carbonyl (C=O) groups is 2. The minimum absolute atomic E-state index is 0. The van der Waals surface area contributed by atoms with Gasteiger partial charge in [-0.2, -0.15) is 0 Å². The largest absolute Gasteiger partial charge is 0.338 e. The van der Waals surface area contributed by atoms with E-state index in [0.29, 0.717) is 26.2 Å². The number of amides is 3. The Labute approximate surface area is 264 Å². The number of urea groups is 1. The minimum atomic E-state index is -3.26. The first kappa shape index (κ1) is 32.6. The van der Waals surface area contributed by atoms with Gasteiger partial charge in [0.1, 0.15) is 0 Å². The van der Waals surface area contributed by atoms with E-state index in [4.69, 9.17) is 0 Å². The van der Waals surface area contributed by atoms with Crippen LogP contribution in [0.3, 0.4) is 0 Å². The van der Waals surface area contributed by atoms with Gasteiger partial charge >= 0.3 is 6.03 Å². The van der Waals surface area contributed by atoms with E-state index in [2.05, 4.69) is 17.0 Å². The number of rotatable bonds is 6. The zero-order valence-electron chi connectivity index (χ0n) is 25.0. The molecule has 4 aliphatic heterocycles. The Balaban J connectivity index is 0.00000384. The van der Waals surface area contributed by atoms with Gasteiger partial charge in [0.15, 0.2) is 9.84 Å². The summed E-state index contributed by atoms with van der Waals surface area (Å²) in [6, 6.07) is 16.6. The van der Waals surface area contributed by atoms with Gasteiger partial charge in [-0.25, -0.2) is 22.0 Å². The lowest BCUT2D eigenvalue weighted by atomic mass is 9.76. The van der Waals surface area contributed by atoms with Crippen molar-refractivity contribution < 1.29 is 26.8 Å². The van der Waals surface area contributed by atoms with E-state index in [0.717, 1.165) is 50.0 Å². The first-order valence-electron chi connectivity index (χ1n) is 15.2. The molecule has 8 nitrogen and oxygen atoms in total. The number of carbonyl (C=O) groups excluding carboxylic acids is 2. The number of nitrogens with zero attached hydrogens (tertiary/aromatic N) is 4. The number of sulfone groups is 1. The average Bonchev–Trinajstić information content (AvgIpc) is 3.66. The molecular weight excluding hydrogens is 610 g/mol. The number of piperidine rings is 1. The number of hydrogen-bond donors (Lipinski definition) is 0.